The molecule has 0 saturated carbocycles. The summed E-state index contributed by atoms with van der Waals surface area (Å²) in [6, 6.07) is 9.19. The first kappa shape index (κ1) is 14.5. The smallest absolute Gasteiger partial charge is 0.237 e. The van der Waals surface area contributed by atoms with Crippen LogP contribution in [0.4, 0.5) is 11.4 Å². The number of benzene rings is 1. The third-order valence-electron chi connectivity index (χ3n) is 2.84. The van der Waals surface area contributed by atoms with E-state index in [0.29, 0.717) is 11.4 Å². The summed E-state index contributed by atoms with van der Waals surface area (Å²) in [4.78, 5) is 12.2. The van der Waals surface area contributed by atoms with Crippen molar-refractivity contribution in [3.05, 3.63) is 36.0 Å². The maximum absolute atomic E-state index is 12.2. The highest BCUT2D eigenvalue weighted by molar-refractivity contribution is 8.00. The number of carbonyl (C=O) groups is 1. The molecule has 0 radical (unpaired) electrons. The molecule has 1 heterocycles. The number of para-hydroxylation sites is 2. The fraction of sp³-hybridized carbons (Fsp3) is 0.286. The average molecular weight is 290 g/mol. The van der Waals surface area contributed by atoms with Gasteiger partial charge in [0.1, 0.15) is 0 Å². The SMILES string of the molecule is Cc1cc(SC(C)C(=O)Nc2ccccc2N)n(C)n1. The number of thioether (sulfide) groups is 1. The molecule has 1 amide bonds. The van der Waals surface area contributed by atoms with Crippen LogP contribution in [0.25, 0.3) is 0 Å². The lowest BCUT2D eigenvalue weighted by Crippen LogP contribution is -2.23. The van der Waals surface area contributed by atoms with Crippen LogP contribution in [0.15, 0.2) is 35.4 Å². The van der Waals surface area contributed by atoms with Gasteiger partial charge in [-0.25, -0.2) is 0 Å². The lowest BCUT2D eigenvalue weighted by molar-refractivity contribution is -0.115. The third kappa shape index (κ3) is 3.33. The zero-order valence-electron chi connectivity index (χ0n) is 11.8. The van der Waals surface area contributed by atoms with Crippen LogP contribution in [0.5, 0.6) is 0 Å². The van der Waals surface area contributed by atoms with E-state index in [0.717, 1.165) is 10.7 Å². The molecule has 0 bridgehead atoms. The molecule has 0 aliphatic rings. The number of nitrogens with zero attached hydrogens (tertiary/aromatic N) is 2. The number of rotatable bonds is 4. The fourth-order valence-corrected chi connectivity index (χ4v) is 2.74. The fourth-order valence-electron chi connectivity index (χ4n) is 1.78. The molecule has 0 aliphatic heterocycles. The Morgan fingerprint density at radius 3 is 2.75 bits per heavy atom. The Labute approximate surface area is 122 Å². The van der Waals surface area contributed by atoms with Crippen molar-refractivity contribution < 1.29 is 4.79 Å². The minimum atomic E-state index is -0.232. The Bertz CT molecular complexity index is 623. The van der Waals surface area contributed by atoms with Crippen LogP contribution in [0.1, 0.15) is 12.6 Å². The summed E-state index contributed by atoms with van der Waals surface area (Å²) in [5.74, 6) is -0.0771. The molecule has 0 aliphatic carbocycles. The van der Waals surface area contributed by atoms with Crippen LogP contribution in [-0.2, 0) is 11.8 Å². The van der Waals surface area contributed by atoms with Crippen LogP contribution in [0, 0.1) is 6.92 Å². The molecule has 0 fully saturated rings. The van der Waals surface area contributed by atoms with Gasteiger partial charge in [0.2, 0.25) is 5.91 Å². The zero-order valence-corrected chi connectivity index (χ0v) is 12.6. The molecule has 1 aromatic heterocycles. The van der Waals surface area contributed by atoms with Gasteiger partial charge in [0.25, 0.3) is 0 Å². The summed E-state index contributed by atoms with van der Waals surface area (Å²) in [5, 5.41) is 7.84. The van der Waals surface area contributed by atoms with E-state index in [-0.39, 0.29) is 11.2 Å². The quantitative estimate of drug-likeness (QED) is 0.670. The summed E-state index contributed by atoms with van der Waals surface area (Å²) < 4.78 is 1.78. The highest BCUT2D eigenvalue weighted by atomic mass is 32.2. The van der Waals surface area contributed by atoms with E-state index >= 15 is 0 Å². The summed E-state index contributed by atoms with van der Waals surface area (Å²) in [5.41, 5.74) is 7.96. The second-order valence-electron chi connectivity index (χ2n) is 4.58. The minimum Gasteiger partial charge on any atom is -0.397 e. The third-order valence-corrected chi connectivity index (χ3v) is 4.04. The molecule has 6 heteroatoms. The topological polar surface area (TPSA) is 72.9 Å². The Balaban J connectivity index is 2.02. The molecule has 1 unspecified atom stereocenters. The number of amides is 1. The number of hydrogen-bond acceptors (Lipinski definition) is 4. The van der Waals surface area contributed by atoms with E-state index < -0.39 is 0 Å². The first-order valence-electron chi connectivity index (χ1n) is 6.30. The maximum atomic E-state index is 12.2. The number of nitrogen functional groups attached to an aromatic ring is 1. The standard InChI is InChI=1S/C14H18N4OS/c1-9-8-13(18(3)17-9)20-10(2)14(19)16-12-7-5-4-6-11(12)15/h4-8,10H,15H2,1-3H3,(H,16,19). The summed E-state index contributed by atoms with van der Waals surface area (Å²) >= 11 is 1.47. The van der Waals surface area contributed by atoms with Crippen molar-refractivity contribution in [3.8, 4) is 0 Å². The Hall–Kier alpha value is -1.95. The number of hydrogen-bond donors (Lipinski definition) is 2. The van der Waals surface area contributed by atoms with Crippen molar-refractivity contribution in [2.75, 3.05) is 11.1 Å². The number of aryl methyl sites for hydroxylation is 2. The van der Waals surface area contributed by atoms with Crippen molar-refractivity contribution in [3.63, 3.8) is 0 Å². The summed E-state index contributed by atoms with van der Waals surface area (Å²) in [6.45, 7) is 3.79. The van der Waals surface area contributed by atoms with E-state index in [1.807, 2.05) is 39.1 Å². The van der Waals surface area contributed by atoms with E-state index in [1.165, 1.54) is 11.8 Å². The van der Waals surface area contributed by atoms with Gasteiger partial charge in [-0.3, -0.25) is 9.48 Å². The van der Waals surface area contributed by atoms with Crippen LogP contribution in [0.2, 0.25) is 0 Å². The molecule has 1 atom stereocenters. The lowest BCUT2D eigenvalue weighted by Gasteiger charge is -2.13. The monoisotopic (exact) mass is 290 g/mol. The normalized spacial score (nSPS) is 12.2. The first-order valence-corrected chi connectivity index (χ1v) is 7.18. The Morgan fingerprint density at radius 2 is 2.15 bits per heavy atom. The number of anilines is 2. The van der Waals surface area contributed by atoms with E-state index in [2.05, 4.69) is 10.4 Å². The minimum absolute atomic E-state index is 0.0771. The second-order valence-corrected chi connectivity index (χ2v) is 5.95. The summed E-state index contributed by atoms with van der Waals surface area (Å²) in [7, 11) is 1.87. The van der Waals surface area contributed by atoms with Crippen LogP contribution < -0.4 is 11.1 Å². The average Bonchev–Trinajstić information content (AvgIpc) is 2.70. The van der Waals surface area contributed by atoms with Crippen LogP contribution in [0.3, 0.4) is 0 Å². The van der Waals surface area contributed by atoms with Gasteiger partial charge in [-0.05, 0) is 32.0 Å². The molecule has 2 rings (SSSR count). The van der Waals surface area contributed by atoms with Gasteiger partial charge in [-0.2, -0.15) is 5.10 Å². The molecule has 3 N–H and O–H groups in total. The molecule has 5 nitrogen and oxygen atoms in total. The van der Waals surface area contributed by atoms with Gasteiger partial charge >= 0.3 is 0 Å². The van der Waals surface area contributed by atoms with Gasteiger partial charge in [-0.15, -0.1) is 0 Å². The maximum Gasteiger partial charge on any atom is 0.237 e. The van der Waals surface area contributed by atoms with Gasteiger partial charge < -0.3 is 11.1 Å². The highest BCUT2D eigenvalue weighted by Crippen LogP contribution is 2.25. The molecule has 1 aromatic carbocycles. The molecule has 0 spiro atoms. The van der Waals surface area contributed by atoms with Gasteiger partial charge in [0.15, 0.2) is 0 Å². The molecule has 2 aromatic rings. The summed E-state index contributed by atoms with van der Waals surface area (Å²) in [6.07, 6.45) is 0. The van der Waals surface area contributed by atoms with E-state index in [4.69, 9.17) is 5.73 Å². The van der Waals surface area contributed by atoms with Crippen molar-refractivity contribution in [2.45, 2.75) is 24.1 Å². The second kappa shape index (κ2) is 6.00. The number of carbonyl (C=O) groups excluding carboxylic acids is 1. The number of aromatic nitrogens is 2. The van der Waals surface area contributed by atoms with Crippen LogP contribution >= 0.6 is 11.8 Å². The zero-order chi connectivity index (χ0) is 14.7. The Morgan fingerprint density at radius 1 is 1.45 bits per heavy atom. The van der Waals surface area contributed by atoms with Crippen molar-refractivity contribution >= 4 is 29.0 Å². The van der Waals surface area contributed by atoms with Crippen molar-refractivity contribution in [2.24, 2.45) is 7.05 Å². The molecule has 0 saturated heterocycles. The number of nitrogens with two attached hydrogens (primary N) is 1. The van der Waals surface area contributed by atoms with E-state index in [9.17, 15) is 4.79 Å². The van der Waals surface area contributed by atoms with Crippen molar-refractivity contribution in [1.29, 1.82) is 0 Å². The first-order chi connectivity index (χ1) is 9.47. The van der Waals surface area contributed by atoms with Gasteiger partial charge in [0, 0.05) is 7.05 Å². The molecular formula is C14H18N4OS. The van der Waals surface area contributed by atoms with Crippen molar-refractivity contribution in [1.82, 2.24) is 9.78 Å². The van der Waals surface area contributed by atoms with E-state index in [1.54, 1.807) is 16.8 Å². The predicted molar refractivity (Wildman–Crippen MR) is 82.7 cm³/mol. The van der Waals surface area contributed by atoms with Gasteiger partial charge in [0.05, 0.1) is 27.3 Å². The molecule has 106 valence electrons. The largest absolute Gasteiger partial charge is 0.397 e. The predicted octanol–water partition coefficient (Wildman–Crippen LogP) is 2.43. The molecule has 20 heavy (non-hydrogen) atoms. The molecular weight excluding hydrogens is 272 g/mol. The highest BCUT2D eigenvalue weighted by Gasteiger charge is 2.17. The number of nitrogens with one attached hydrogen (secondary N) is 1. The Kier molecular flexibility index (Phi) is 4.34. The van der Waals surface area contributed by atoms with Crippen LogP contribution in [-0.4, -0.2) is 20.9 Å². The van der Waals surface area contributed by atoms with Gasteiger partial charge in [-0.1, -0.05) is 23.9 Å². The lowest BCUT2D eigenvalue weighted by atomic mass is 10.2.